The molecule has 0 aliphatic carbocycles. The molecule has 1 aromatic carbocycles. The zero-order valence-corrected chi connectivity index (χ0v) is 14.1. The number of likely N-dealkylation sites (tertiary alicyclic amines) is 1. The van der Waals surface area contributed by atoms with Crippen LogP contribution in [-0.4, -0.2) is 64.4 Å². The molecule has 1 aromatic heterocycles. The van der Waals surface area contributed by atoms with E-state index < -0.39 is 5.97 Å². The SMILES string of the molecule is CN(CC(=O)N1CCC(C(=O)O)CC1)C(=O)c1ccc2[nH]ccc2c1. The maximum absolute atomic E-state index is 12.5. The van der Waals surface area contributed by atoms with Crippen molar-refractivity contribution in [3.8, 4) is 0 Å². The summed E-state index contributed by atoms with van der Waals surface area (Å²) in [7, 11) is 1.60. The largest absolute Gasteiger partial charge is 0.481 e. The molecule has 0 unspecified atom stereocenters. The summed E-state index contributed by atoms with van der Waals surface area (Å²) in [5, 5.41) is 9.95. The summed E-state index contributed by atoms with van der Waals surface area (Å²) in [6.07, 6.45) is 2.73. The highest BCUT2D eigenvalue weighted by Crippen LogP contribution is 2.18. The Bertz CT molecular complexity index is 806. The molecule has 0 saturated carbocycles. The normalized spacial score (nSPS) is 15.3. The number of H-pyrrole nitrogens is 1. The van der Waals surface area contributed by atoms with Crippen molar-refractivity contribution < 1.29 is 19.5 Å². The van der Waals surface area contributed by atoms with Gasteiger partial charge in [0, 0.05) is 42.8 Å². The van der Waals surface area contributed by atoms with Gasteiger partial charge in [-0.05, 0) is 37.1 Å². The van der Waals surface area contributed by atoms with Gasteiger partial charge >= 0.3 is 5.97 Å². The smallest absolute Gasteiger partial charge is 0.306 e. The standard InChI is InChI=1S/C18H21N3O4/c1-20(11-16(22)21-8-5-12(6-9-21)18(24)25)17(23)14-2-3-15-13(10-14)4-7-19-15/h2-4,7,10,12,19H,5-6,8-9,11H2,1H3,(H,24,25). The van der Waals surface area contributed by atoms with Gasteiger partial charge < -0.3 is 19.9 Å². The maximum atomic E-state index is 12.5. The first kappa shape index (κ1) is 17.0. The number of carbonyl (C=O) groups is 3. The molecule has 0 radical (unpaired) electrons. The number of nitrogens with one attached hydrogen (secondary N) is 1. The zero-order chi connectivity index (χ0) is 18.0. The molecule has 25 heavy (non-hydrogen) atoms. The van der Waals surface area contributed by atoms with Crippen LogP contribution in [0.1, 0.15) is 23.2 Å². The highest BCUT2D eigenvalue weighted by Gasteiger charge is 2.28. The van der Waals surface area contributed by atoms with Crippen molar-refractivity contribution in [3.05, 3.63) is 36.0 Å². The molecule has 0 spiro atoms. The number of piperidine rings is 1. The number of amides is 2. The topological polar surface area (TPSA) is 93.7 Å². The van der Waals surface area contributed by atoms with Gasteiger partial charge in [-0.3, -0.25) is 14.4 Å². The van der Waals surface area contributed by atoms with Gasteiger partial charge in [0.2, 0.25) is 5.91 Å². The lowest BCUT2D eigenvalue weighted by Gasteiger charge is -2.31. The quantitative estimate of drug-likeness (QED) is 0.881. The second-order valence-corrected chi connectivity index (χ2v) is 6.43. The first-order valence-corrected chi connectivity index (χ1v) is 8.29. The van der Waals surface area contributed by atoms with Gasteiger partial charge in [0.1, 0.15) is 0 Å². The molecule has 2 heterocycles. The number of benzene rings is 1. The fraction of sp³-hybridized carbons (Fsp3) is 0.389. The number of carbonyl (C=O) groups excluding carboxylic acids is 2. The molecular formula is C18H21N3O4. The molecule has 1 aliphatic heterocycles. The molecule has 1 fully saturated rings. The van der Waals surface area contributed by atoms with Crippen molar-refractivity contribution in [1.29, 1.82) is 0 Å². The number of fused-ring (bicyclic) bond motifs is 1. The van der Waals surface area contributed by atoms with Gasteiger partial charge in [-0.25, -0.2) is 0 Å². The fourth-order valence-electron chi connectivity index (χ4n) is 3.16. The third-order valence-corrected chi connectivity index (χ3v) is 4.72. The molecule has 1 saturated heterocycles. The molecule has 0 atom stereocenters. The number of likely N-dealkylation sites (N-methyl/N-ethyl adjacent to an activating group) is 1. The molecule has 7 heteroatoms. The number of hydrogen-bond acceptors (Lipinski definition) is 3. The number of carboxylic acid groups (broad SMARTS) is 1. The second kappa shape index (κ2) is 6.96. The Balaban J connectivity index is 1.59. The molecule has 2 aromatic rings. The van der Waals surface area contributed by atoms with Crippen molar-refractivity contribution in [2.75, 3.05) is 26.7 Å². The molecule has 0 bridgehead atoms. The summed E-state index contributed by atoms with van der Waals surface area (Å²) < 4.78 is 0. The minimum atomic E-state index is -0.806. The van der Waals surface area contributed by atoms with Gasteiger partial charge in [-0.2, -0.15) is 0 Å². The van der Waals surface area contributed by atoms with Crippen LogP contribution < -0.4 is 0 Å². The Morgan fingerprint density at radius 2 is 1.96 bits per heavy atom. The highest BCUT2D eigenvalue weighted by molar-refractivity contribution is 5.99. The van der Waals surface area contributed by atoms with Gasteiger partial charge in [-0.15, -0.1) is 0 Å². The van der Waals surface area contributed by atoms with E-state index in [0.717, 1.165) is 10.9 Å². The summed E-state index contributed by atoms with van der Waals surface area (Å²) >= 11 is 0. The zero-order valence-electron chi connectivity index (χ0n) is 14.1. The Morgan fingerprint density at radius 3 is 2.64 bits per heavy atom. The number of nitrogens with zero attached hydrogens (tertiary/aromatic N) is 2. The minimum absolute atomic E-state index is 0.0122. The molecular weight excluding hydrogens is 322 g/mol. The lowest BCUT2D eigenvalue weighted by molar-refractivity contribution is -0.145. The van der Waals surface area contributed by atoms with Crippen molar-refractivity contribution in [2.24, 2.45) is 5.92 Å². The van der Waals surface area contributed by atoms with Crippen LogP contribution in [-0.2, 0) is 9.59 Å². The van der Waals surface area contributed by atoms with Crippen LogP contribution in [0.15, 0.2) is 30.5 Å². The number of aromatic amines is 1. The first-order chi connectivity index (χ1) is 12.0. The van der Waals surface area contributed by atoms with Crippen LogP contribution in [0.5, 0.6) is 0 Å². The van der Waals surface area contributed by atoms with Crippen molar-refractivity contribution >= 4 is 28.7 Å². The van der Waals surface area contributed by atoms with Crippen molar-refractivity contribution in [2.45, 2.75) is 12.8 Å². The Hall–Kier alpha value is -2.83. The van der Waals surface area contributed by atoms with E-state index in [-0.39, 0.29) is 24.3 Å². The van der Waals surface area contributed by atoms with Gasteiger partial charge in [-0.1, -0.05) is 0 Å². The van der Waals surface area contributed by atoms with Crippen LogP contribution in [0, 0.1) is 5.92 Å². The predicted octanol–water partition coefficient (Wildman–Crippen LogP) is 1.56. The summed E-state index contributed by atoms with van der Waals surface area (Å²) in [6.45, 7) is 0.835. The van der Waals surface area contributed by atoms with Crippen LogP contribution in [0.4, 0.5) is 0 Å². The molecule has 2 amide bonds. The molecule has 1 aliphatic rings. The van der Waals surface area contributed by atoms with E-state index in [1.54, 1.807) is 24.1 Å². The lowest BCUT2D eigenvalue weighted by Crippen LogP contribution is -2.45. The number of aliphatic carboxylic acids is 1. The summed E-state index contributed by atoms with van der Waals surface area (Å²) in [5.74, 6) is -1.55. The minimum Gasteiger partial charge on any atom is -0.481 e. The maximum Gasteiger partial charge on any atom is 0.306 e. The van der Waals surface area contributed by atoms with E-state index in [1.165, 1.54) is 4.90 Å². The Morgan fingerprint density at radius 1 is 1.24 bits per heavy atom. The van der Waals surface area contributed by atoms with E-state index in [4.69, 9.17) is 5.11 Å². The first-order valence-electron chi connectivity index (χ1n) is 8.29. The van der Waals surface area contributed by atoms with Crippen LogP contribution >= 0.6 is 0 Å². The van der Waals surface area contributed by atoms with Crippen LogP contribution in [0.25, 0.3) is 10.9 Å². The predicted molar refractivity (Wildman–Crippen MR) is 92.2 cm³/mol. The van der Waals surface area contributed by atoms with E-state index >= 15 is 0 Å². The number of rotatable bonds is 4. The summed E-state index contributed by atoms with van der Waals surface area (Å²) in [6, 6.07) is 7.27. The molecule has 3 rings (SSSR count). The average Bonchev–Trinajstić information content (AvgIpc) is 3.08. The van der Waals surface area contributed by atoms with Crippen LogP contribution in [0.3, 0.4) is 0 Å². The average molecular weight is 343 g/mol. The Labute approximate surface area is 145 Å². The highest BCUT2D eigenvalue weighted by atomic mass is 16.4. The van der Waals surface area contributed by atoms with Crippen molar-refractivity contribution in [3.63, 3.8) is 0 Å². The third kappa shape index (κ3) is 3.65. The van der Waals surface area contributed by atoms with E-state index in [1.807, 2.05) is 18.3 Å². The van der Waals surface area contributed by atoms with Crippen LogP contribution in [0.2, 0.25) is 0 Å². The lowest BCUT2D eigenvalue weighted by atomic mass is 9.97. The van der Waals surface area contributed by atoms with Gasteiger partial charge in [0.05, 0.1) is 12.5 Å². The number of carboxylic acids is 1. The number of aromatic nitrogens is 1. The monoisotopic (exact) mass is 343 g/mol. The van der Waals surface area contributed by atoms with E-state index in [2.05, 4.69) is 4.98 Å². The van der Waals surface area contributed by atoms with E-state index in [9.17, 15) is 14.4 Å². The summed E-state index contributed by atoms with van der Waals surface area (Å²) in [5.41, 5.74) is 1.49. The van der Waals surface area contributed by atoms with Gasteiger partial charge in [0.15, 0.2) is 0 Å². The Kier molecular flexibility index (Phi) is 4.74. The second-order valence-electron chi connectivity index (χ2n) is 6.43. The third-order valence-electron chi connectivity index (χ3n) is 4.72. The van der Waals surface area contributed by atoms with Crippen molar-refractivity contribution in [1.82, 2.24) is 14.8 Å². The summed E-state index contributed by atoms with van der Waals surface area (Å²) in [4.78, 5) is 42.0. The van der Waals surface area contributed by atoms with E-state index in [0.29, 0.717) is 31.5 Å². The number of hydrogen-bond donors (Lipinski definition) is 2. The fourth-order valence-corrected chi connectivity index (χ4v) is 3.16. The van der Waals surface area contributed by atoms with Gasteiger partial charge in [0.25, 0.3) is 5.91 Å². The molecule has 7 nitrogen and oxygen atoms in total. The molecule has 132 valence electrons. The molecule has 2 N–H and O–H groups in total.